The van der Waals surface area contributed by atoms with Gasteiger partial charge >= 0.3 is 0 Å². The minimum absolute atomic E-state index is 0.308. The third kappa shape index (κ3) is 2.92. The standard InChI is InChI=1S/C16H25N5O/c1-10(2)15-17-16(19-18-15)14-7-5-6-8-21(14)9-13-11(3)20-22-12(13)4/h10,14H,5-9H2,1-4H3,(H,17,18,19)/t14-/m1/s1. The maximum atomic E-state index is 5.30. The molecular formula is C16H25N5O. The van der Waals surface area contributed by atoms with Gasteiger partial charge in [-0.05, 0) is 33.2 Å². The predicted molar refractivity (Wildman–Crippen MR) is 83.5 cm³/mol. The molecule has 0 radical (unpaired) electrons. The van der Waals surface area contributed by atoms with E-state index >= 15 is 0 Å². The molecule has 2 aromatic heterocycles. The minimum atomic E-state index is 0.308. The van der Waals surface area contributed by atoms with Crippen molar-refractivity contribution in [2.24, 2.45) is 0 Å². The number of aromatic amines is 1. The molecule has 1 saturated heterocycles. The highest BCUT2D eigenvalue weighted by Gasteiger charge is 2.28. The quantitative estimate of drug-likeness (QED) is 0.938. The van der Waals surface area contributed by atoms with Crippen LogP contribution >= 0.6 is 0 Å². The van der Waals surface area contributed by atoms with E-state index < -0.39 is 0 Å². The first-order valence-electron chi connectivity index (χ1n) is 8.14. The van der Waals surface area contributed by atoms with Crippen molar-refractivity contribution in [1.29, 1.82) is 0 Å². The molecule has 120 valence electrons. The molecule has 6 heteroatoms. The molecule has 0 bridgehead atoms. The largest absolute Gasteiger partial charge is 0.361 e. The van der Waals surface area contributed by atoms with Crippen LogP contribution in [0.15, 0.2) is 4.52 Å². The van der Waals surface area contributed by atoms with Crippen molar-refractivity contribution in [2.75, 3.05) is 6.54 Å². The van der Waals surface area contributed by atoms with Gasteiger partial charge in [-0.25, -0.2) is 4.98 Å². The second-order valence-corrected chi connectivity index (χ2v) is 6.52. The average Bonchev–Trinajstić information content (AvgIpc) is 3.10. The van der Waals surface area contributed by atoms with Gasteiger partial charge in [0.15, 0.2) is 5.82 Å². The molecule has 1 aliphatic heterocycles. The van der Waals surface area contributed by atoms with E-state index in [9.17, 15) is 0 Å². The van der Waals surface area contributed by atoms with E-state index in [0.29, 0.717) is 12.0 Å². The Morgan fingerprint density at radius 3 is 2.77 bits per heavy atom. The van der Waals surface area contributed by atoms with E-state index in [-0.39, 0.29) is 0 Å². The van der Waals surface area contributed by atoms with E-state index in [1.165, 1.54) is 18.4 Å². The van der Waals surface area contributed by atoms with Crippen LogP contribution in [0.25, 0.3) is 0 Å². The number of likely N-dealkylation sites (tertiary alicyclic amines) is 1. The highest BCUT2D eigenvalue weighted by molar-refractivity contribution is 5.21. The van der Waals surface area contributed by atoms with Gasteiger partial charge in [0.2, 0.25) is 0 Å². The van der Waals surface area contributed by atoms with Crippen LogP contribution in [-0.2, 0) is 6.54 Å². The molecule has 3 rings (SSSR count). The molecule has 0 amide bonds. The number of H-pyrrole nitrogens is 1. The molecule has 2 aromatic rings. The molecule has 1 atom stereocenters. The molecule has 0 unspecified atom stereocenters. The summed E-state index contributed by atoms with van der Waals surface area (Å²) >= 11 is 0. The molecule has 1 fully saturated rings. The van der Waals surface area contributed by atoms with Crippen molar-refractivity contribution in [3.63, 3.8) is 0 Å². The molecule has 0 aromatic carbocycles. The van der Waals surface area contributed by atoms with E-state index in [1.54, 1.807) is 0 Å². The summed E-state index contributed by atoms with van der Waals surface area (Å²) in [5.74, 6) is 3.17. The van der Waals surface area contributed by atoms with Crippen molar-refractivity contribution < 1.29 is 4.52 Å². The van der Waals surface area contributed by atoms with E-state index in [2.05, 4.69) is 34.1 Å². The lowest BCUT2D eigenvalue weighted by atomic mass is 10.00. The van der Waals surface area contributed by atoms with Gasteiger partial charge < -0.3 is 4.52 Å². The summed E-state index contributed by atoms with van der Waals surface area (Å²) in [6, 6.07) is 0.308. The van der Waals surface area contributed by atoms with E-state index in [4.69, 9.17) is 9.51 Å². The lowest BCUT2D eigenvalue weighted by molar-refractivity contribution is 0.133. The van der Waals surface area contributed by atoms with Gasteiger partial charge in [-0.3, -0.25) is 10.00 Å². The molecule has 1 aliphatic rings. The van der Waals surface area contributed by atoms with Crippen LogP contribution in [0.3, 0.4) is 0 Å². The zero-order valence-electron chi connectivity index (χ0n) is 13.9. The number of aromatic nitrogens is 4. The predicted octanol–water partition coefficient (Wildman–Crippen LogP) is 3.26. The van der Waals surface area contributed by atoms with Crippen LogP contribution in [-0.4, -0.2) is 31.8 Å². The van der Waals surface area contributed by atoms with Crippen molar-refractivity contribution in [3.05, 3.63) is 28.7 Å². The molecule has 0 spiro atoms. The number of nitrogens with one attached hydrogen (secondary N) is 1. The fourth-order valence-corrected chi connectivity index (χ4v) is 3.12. The Labute approximate surface area is 131 Å². The maximum absolute atomic E-state index is 5.30. The third-order valence-corrected chi connectivity index (χ3v) is 4.51. The molecule has 1 N–H and O–H groups in total. The SMILES string of the molecule is Cc1noc(C)c1CN1CCCC[C@@H]1c1nc(C(C)C)n[nH]1. The summed E-state index contributed by atoms with van der Waals surface area (Å²) in [4.78, 5) is 7.18. The molecular weight excluding hydrogens is 278 g/mol. The Morgan fingerprint density at radius 2 is 2.14 bits per heavy atom. The zero-order valence-corrected chi connectivity index (χ0v) is 13.9. The van der Waals surface area contributed by atoms with Gasteiger partial charge in [-0.1, -0.05) is 25.4 Å². The van der Waals surface area contributed by atoms with Gasteiger partial charge in [0.05, 0.1) is 11.7 Å². The van der Waals surface area contributed by atoms with Crippen molar-refractivity contribution in [3.8, 4) is 0 Å². The number of hydrogen-bond donors (Lipinski definition) is 1. The summed E-state index contributed by atoms with van der Waals surface area (Å²) in [6.45, 7) is 10.2. The van der Waals surface area contributed by atoms with Crippen molar-refractivity contribution in [2.45, 2.75) is 65.5 Å². The maximum Gasteiger partial charge on any atom is 0.153 e. The number of aryl methyl sites for hydroxylation is 2. The first-order valence-corrected chi connectivity index (χ1v) is 8.14. The topological polar surface area (TPSA) is 70.8 Å². The van der Waals surface area contributed by atoms with Gasteiger partial charge in [0, 0.05) is 18.0 Å². The lowest BCUT2D eigenvalue weighted by Crippen LogP contribution is -2.33. The monoisotopic (exact) mass is 303 g/mol. The van der Waals surface area contributed by atoms with Crippen molar-refractivity contribution >= 4 is 0 Å². The smallest absolute Gasteiger partial charge is 0.153 e. The number of nitrogens with zero attached hydrogens (tertiary/aromatic N) is 4. The van der Waals surface area contributed by atoms with Gasteiger partial charge in [-0.15, -0.1) is 0 Å². The van der Waals surface area contributed by atoms with Gasteiger partial charge in [-0.2, -0.15) is 5.10 Å². The van der Waals surface area contributed by atoms with Crippen LogP contribution in [0.1, 0.15) is 73.7 Å². The number of hydrogen-bond acceptors (Lipinski definition) is 5. The third-order valence-electron chi connectivity index (χ3n) is 4.51. The summed E-state index contributed by atoms with van der Waals surface area (Å²) in [5, 5.41) is 11.6. The first kappa shape index (κ1) is 15.2. The molecule has 3 heterocycles. The van der Waals surface area contributed by atoms with Crippen LogP contribution in [0.5, 0.6) is 0 Å². The first-order chi connectivity index (χ1) is 10.6. The Bertz CT molecular complexity index is 611. The summed E-state index contributed by atoms with van der Waals surface area (Å²) in [6.07, 6.45) is 3.58. The zero-order chi connectivity index (χ0) is 15.7. The minimum Gasteiger partial charge on any atom is -0.361 e. The van der Waals surface area contributed by atoms with E-state index in [1.807, 2.05) is 13.8 Å². The van der Waals surface area contributed by atoms with Crippen LogP contribution in [0.2, 0.25) is 0 Å². The fraction of sp³-hybridized carbons (Fsp3) is 0.688. The summed E-state index contributed by atoms with van der Waals surface area (Å²) in [7, 11) is 0. The van der Waals surface area contributed by atoms with E-state index in [0.717, 1.165) is 42.6 Å². The Kier molecular flexibility index (Phi) is 4.29. The molecule has 6 nitrogen and oxygen atoms in total. The number of piperidine rings is 1. The van der Waals surface area contributed by atoms with Crippen molar-refractivity contribution in [1.82, 2.24) is 25.2 Å². The number of rotatable bonds is 4. The van der Waals surface area contributed by atoms with Gasteiger partial charge in [0.1, 0.15) is 11.6 Å². The fourth-order valence-electron chi connectivity index (χ4n) is 3.12. The van der Waals surface area contributed by atoms with Crippen LogP contribution < -0.4 is 0 Å². The normalized spacial score (nSPS) is 20.0. The molecule has 22 heavy (non-hydrogen) atoms. The Balaban J connectivity index is 1.81. The lowest BCUT2D eigenvalue weighted by Gasteiger charge is -2.34. The molecule has 0 saturated carbocycles. The average molecular weight is 303 g/mol. The highest BCUT2D eigenvalue weighted by atomic mass is 16.5. The summed E-state index contributed by atoms with van der Waals surface area (Å²) in [5.41, 5.74) is 2.19. The van der Waals surface area contributed by atoms with Gasteiger partial charge in [0.25, 0.3) is 0 Å². The second-order valence-electron chi connectivity index (χ2n) is 6.52. The Morgan fingerprint density at radius 1 is 1.32 bits per heavy atom. The van der Waals surface area contributed by atoms with Crippen LogP contribution in [0, 0.1) is 13.8 Å². The summed E-state index contributed by atoms with van der Waals surface area (Å²) < 4.78 is 5.30. The Hall–Kier alpha value is -1.69. The van der Waals surface area contributed by atoms with Crippen LogP contribution in [0.4, 0.5) is 0 Å². The molecule has 0 aliphatic carbocycles. The highest BCUT2D eigenvalue weighted by Crippen LogP contribution is 2.31. The second kappa shape index (κ2) is 6.20.